The topological polar surface area (TPSA) is 117 Å². The highest BCUT2D eigenvalue weighted by Gasteiger charge is 2.28. The molecule has 0 bridgehead atoms. The van der Waals surface area contributed by atoms with Crippen molar-refractivity contribution in [1.29, 1.82) is 5.26 Å². The number of hydrogen-bond acceptors (Lipinski definition) is 6. The number of fused-ring (bicyclic) bond motifs is 1. The number of halogens is 1. The van der Waals surface area contributed by atoms with Gasteiger partial charge in [-0.1, -0.05) is 45.3 Å². The van der Waals surface area contributed by atoms with Gasteiger partial charge in [0.1, 0.15) is 6.07 Å². The standard InChI is InChI=1S/C28H30BrN9O/c1-20(39)37-11-10-27-25(19-37)28(21-6-8-23(29)9-7-21)33-38(27)18-24(32-34-31)17-35-12-14-36(15-13-35)26-5-3-2-4-22(26)16-30/h2-9,24H,10-15,17-19H2,1H3. The van der Waals surface area contributed by atoms with Gasteiger partial charge in [-0.25, -0.2) is 0 Å². The van der Waals surface area contributed by atoms with Crippen LogP contribution in [0.3, 0.4) is 0 Å². The van der Waals surface area contributed by atoms with Crippen molar-refractivity contribution in [3.8, 4) is 17.3 Å². The van der Waals surface area contributed by atoms with Gasteiger partial charge in [-0.15, -0.1) is 0 Å². The minimum Gasteiger partial charge on any atom is -0.368 e. The first-order valence-electron chi connectivity index (χ1n) is 13.1. The highest BCUT2D eigenvalue weighted by Crippen LogP contribution is 2.31. The summed E-state index contributed by atoms with van der Waals surface area (Å²) >= 11 is 3.50. The quantitative estimate of drug-likeness (QED) is 0.227. The molecule has 5 rings (SSSR count). The van der Waals surface area contributed by atoms with E-state index < -0.39 is 0 Å². The predicted molar refractivity (Wildman–Crippen MR) is 153 cm³/mol. The van der Waals surface area contributed by atoms with Gasteiger partial charge in [0.05, 0.1) is 29.5 Å². The van der Waals surface area contributed by atoms with Crippen molar-refractivity contribution in [2.75, 3.05) is 44.2 Å². The second-order valence-electron chi connectivity index (χ2n) is 9.93. The van der Waals surface area contributed by atoms with Crippen LogP contribution in [0.2, 0.25) is 0 Å². The van der Waals surface area contributed by atoms with E-state index in [1.807, 2.05) is 58.1 Å². The molecule has 1 unspecified atom stereocenters. The van der Waals surface area contributed by atoms with Crippen LogP contribution in [-0.2, 0) is 24.3 Å². The number of anilines is 1. The van der Waals surface area contributed by atoms with E-state index in [1.165, 1.54) is 0 Å². The van der Waals surface area contributed by atoms with Gasteiger partial charge >= 0.3 is 0 Å². The van der Waals surface area contributed by atoms with Crippen molar-refractivity contribution in [2.24, 2.45) is 5.11 Å². The van der Waals surface area contributed by atoms with Gasteiger partial charge in [0.25, 0.3) is 0 Å². The number of benzene rings is 2. The van der Waals surface area contributed by atoms with E-state index in [2.05, 4.69) is 41.8 Å². The fourth-order valence-electron chi connectivity index (χ4n) is 5.47. The highest BCUT2D eigenvalue weighted by molar-refractivity contribution is 9.10. The summed E-state index contributed by atoms with van der Waals surface area (Å²) in [6, 6.07) is 17.7. The molecule has 0 spiro atoms. The van der Waals surface area contributed by atoms with Crippen molar-refractivity contribution >= 4 is 27.5 Å². The molecule has 3 aromatic rings. The largest absolute Gasteiger partial charge is 0.368 e. The smallest absolute Gasteiger partial charge is 0.219 e. The summed E-state index contributed by atoms with van der Waals surface area (Å²) in [5, 5.41) is 18.6. The van der Waals surface area contributed by atoms with Crippen LogP contribution in [-0.4, -0.2) is 70.8 Å². The van der Waals surface area contributed by atoms with E-state index in [1.54, 1.807) is 6.92 Å². The van der Waals surface area contributed by atoms with E-state index in [0.717, 1.165) is 58.9 Å². The Bertz CT molecular complexity index is 1430. The Morgan fingerprint density at radius 3 is 2.56 bits per heavy atom. The van der Waals surface area contributed by atoms with Crippen LogP contribution in [0, 0.1) is 11.3 Å². The van der Waals surface area contributed by atoms with Crippen LogP contribution < -0.4 is 4.90 Å². The summed E-state index contributed by atoms with van der Waals surface area (Å²) in [6.45, 7) is 7.09. The van der Waals surface area contributed by atoms with Crippen LogP contribution in [0.4, 0.5) is 5.69 Å². The lowest BCUT2D eigenvalue weighted by molar-refractivity contribution is -0.129. The summed E-state index contributed by atoms with van der Waals surface area (Å²) in [5.74, 6) is 0.0543. The van der Waals surface area contributed by atoms with Crippen molar-refractivity contribution in [1.82, 2.24) is 19.6 Å². The molecular formula is C28H30BrN9O. The van der Waals surface area contributed by atoms with E-state index in [-0.39, 0.29) is 11.9 Å². The molecule has 0 aliphatic carbocycles. The molecule has 1 fully saturated rings. The number of hydrogen-bond donors (Lipinski definition) is 0. The molecule has 1 aromatic heterocycles. The Balaban J connectivity index is 1.33. The maximum Gasteiger partial charge on any atom is 0.219 e. The van der Waals surface area contributed by atoms with Gasteiger partial charge in [-0.3, -0.25) is 14.4 Å². The number of carbonyl (C=O) groups excluding carboxylic acids is 1. The van der Waals surface area contributed by atoms with Crippen LogP contribution in [0.15, 0.2) is 58.1 Å². The maximum absolute atomic E-state index is 12.2. The minimum absolute atomic E-state index is 0.0543. The molecule has 11 heteroatoms. The van der Waals surface area contributed by atoms with Crippen LogP contribution in [0.25, 0.3) is 21.7 Å². The Morgan fingerprint density at radius 1 is 1.13 bits per heavy atom. The zero-order valence-corrected chi connectivity index (χ0v) is 23.5. The fourth-order valence-corrected chi connectivity index (χ4v) is 5.73. The Hall–Kier alpha value is -3.84. The van der Waals surface area contributed by atoms with E-state index in [9.17, 15) is 15.6 Å². The molecule has 200 valence electrons. The summed E-state index contributed by atoms with van der Waals surface area (Å²) in [6.07, 6.45) is 0.707. The third kappa shape index (κ3) is 5.93. The molecule has 2 aliphatic heterocycles. The monoisotopic (exact) mass is 587 g/mol. The first kappa shape index (κ1) is 26.8. The van der Waals surface area contributed by atoms with E-state index >= 15 is 0 Å². The number of carbonyl (C=O) groups is 1. The second-order valence-corrected chi connectivity index (χ2v) is 10.8. The first-order valence-corrected chi connectivity index (χ1v) is 13.9. The lowest BCUT2D eigenvalue weighted by Gasteiger charge is -2.37. The molecule has 39 heavy (non-hydrogen) atoms. The number of aromatic nitrogens is 2. The second kappa shape index (κ2) is 11.9. The van der Waals surface area contributed by atoms with Gasteiger partial charge in [-0.2, -0.15) is 10.4 Å². The third-order valence-electron chi connectivity index (χ3n) is 7.50. The first-order chi connectivity index (χ1) is 19.0. The SMILES string of the molecule is CC(=O)N1CCc2c(c(-c3ccc(Br)cc3)nn2CC(CN2CCN(c3ccccc3C#N)CC2)N=[N+]=[N-])C1. The number of para-hydroxylation sites is 1. The molecule has 0 radical (unpaired) electrons. The van der Waals surface area contributed by atoms with Gasteiger partial charge in [0.15, 0.2) is 0 Å². The summed E-state index contributed by atoms with van der Waals surface area (Å²) in [4.78, 5) is 21.7. The summed E-state index contributed by atoms with van der Waals surface area (Å²) in [5.41, 5.74) is 15.0. The molecule has 10 nitrogen and oxygen atoms in total. The summed E-state index contributed by atoms with van der Waals surface area (Å²) < 4.78 is 2.98. The lowest BCUT2D eigenvalue weighted by Crippen LogP contribution is -2.49. The zero-order valence-electron chi connectivity index (χ0n) is 21.9. The highest BCUT2D eigenvalue weighted by atomic mass is 79.9. The predicted octanol–water partition coefficient (Wildman–Crippen LogP) is 4.59. The van der Waals surface area contributed by atoms with Crippen LogP contribution in [0.5, 0.6) is 0 Å². The normalized spacial score (nSPS) is 16.2. The molecule has 0 saturated carbocycles. The lowest BCUT2D eigenvalue weighted by atomic mass is 10.0. The molecular weight excluding hydrogens is 558 g/mol. The number of azide groups is 1. The molecule has 1 atom stereocenters. The molecule has 2 aromatic carbocycles. The maximum atomic E-state index is 12.2. The van der Waals surface area contributed by atoms with Crippen LogP contribution >= 0.6 is 15.9 Å². The van der Waals surface area contributed by atoms with Gasteiger partial charge in [-0.05, 0) is 29.8 Å². The Kier molecular flexibility index (Phi) is 8.17. The van der Waals surface area contributed by atoms with Crippen LogP contribution in [0.1, 0.15) is 23.7 Å². The molecule has 2 aliphatic rings. The average molecular weight is 589 g/mol. The Labute approximate surface area is 236 Å². The number of nitriles is 1. The molecule has 1 saturated heterocycles. The summed E-state index contributed by atoms with van der Waals surface area (Å²) in [7, 11) is 0. The number of rotatable bonds is 7. The molecule has 3 heterocycles. The Morgan fingerprint density at radius 2 is 1.87 bits per heavy atom. The van der Waals surface area contributed by atoms with Crippen molar-refractivity contribution < 1.29 is 4.79 Å². The third-order valence-corrected chi connectivity index (χ3v) is 8.03. The van der Waals surface area contributed by atoms with Gasteiger partial charge in [0.2, 0.25) is 5.91 Å². The number of nitrogens with zero attached hydrogens (tertiary/aromatic N) is 9. The van der Waals surface area contributed by atoms with Gasteiger partial charge < -0.3 is 9.80 Å². The fraction of sp³-hybridized carbons (Fsp3) is 0.393. The van der Waals surface area contributed by atoms with E-state index in [4.69, 9.17) is 5.10 Å². The average Bonchev–Trinajstić information content (AvgIpc) is 3.31. The van der Waals surface area contributed by atoms with Crippen molar-refractivity contribution in [3.05, 3.63) is 80.3 Å². The number of amides is 1. The van der Waals surface area contributed by atoms with Gasteiger partial charge in [0, 0.05) is 85.4 Å². The zero-order chi connectivity index (χ0) is 27.4. The molecule has 1 amide bonds. The van der Waals surface area contributed by atoms with Crippen molar-refractivity contribution in [3.63, 3.8) is 0 Å². The minimum atomic E-state index is -0.291. The molecule has 0 N–H and O–H groups in total. The number of piperazine rings is 1. The van der Waals surface area contributed by atoms with Crippen molar-refractivity contribution in [2.45, 2.75) is 32.5 Å². The van der Waals surface area contributed by atoms with E-state index in [0.29, 0.717) is 38.2 Å².